The second kappa shape index (κ2) is 7.78. The van der Waals surface area contributed by atoms with Crippen LogP contribution >= 0.6 is 0 Å². The van der Waals surface area contributed by atoms with Crippen molar-refractivity contribution in [2.75, 3.05) is 6.54 Å². The first kappa shape index (κ1) is 15.5. The van der Waals surface area contributed by atoms with E-state index in [2.05, 4.69) is 5.32 Å². The van der Waals surface area contributed by atoms with Gasteiger partial charge < -0.3 is 9.73 Å². The summed E-state index contributed by atoms with van der Waals surface area (Å²) in [6.07, 6.45) is 8.23. The van der Waals surface area contributed by atoms with E-state index < -0.39 is 5.91 Å². The Kier molecular flexibility index (Phi) is 5.49. The Morgan fingerprint density at radius 1 is 1.14 bits per heavy atom. The SMILES string of the molecule is CC(=O)C(=Cc1ccoc1)C(=O)NCC=Cc1ccccc1. The van der Waals surface area contributed by atoms with Gasteiger partial charge in [0.2, 0.25) is 0 Å². The molecule has 0 bridgehead atoms. The Bertz CT molecular complexity index is 682. The molecule has 0 fully saturated rings. The Balaban J connectivity index is 1.95. The Labute approximate surface area is 129 Å². The average molecular weight is 295 g/mol. The first-order chi connectivity index (χ1) is 10.7. The van der Waals surface area contributed by atoms with Crippen LogP contribution in [0.1, 0.15) is 18.1 Å². The van der Waals surface area contributed by atoms with Crippen LogP contribution in [0.5, 0.6) is 0 Å². The molecule has 1 aromatic carbocycles. The van der Waals surface area contributed by atoms with Gasteiger partial charge in [0.05, 0.1) is 18.1 Å². The highest BCUT2D eigenvalue weighted by Crippen LogP contribution is 2.08. The molecule has 4 heteroatoms. The molecule has 1 N–H and O–H groups in total. The highest BCUT2D eigenvalue weighted by atomic mass is 16.3. The molecule has 4 nitrogen and oxygen atoms in total. The minimum Gasteiger partial charge on any atom is -0.472 e. The standard InChI is InChI=1S/C18H17NO3/c1-14(20)17(12-16-9-11-22-13-16)18(21)19-10-5-8-15-6-3-2-4-7-15/h2-9,11-13H,10H2,1H3,(H,19,21). The number of benzene rings is 1. The molecule has 2 rings (SSSR count). The van der Waals surface area contributed by atoms with Gasteiger partial charge in [0.25, 0.3) is 5.91 Å². The number of carbonyl (C=O) groups excluding carboxylic acids is 2. The van der Waals surface area contributed by atoms with E-state index in [-0.39, 0.29) is 11.4 Å². The van der Waals surface area contributed by atoms with Crippen molar-refractivity contribution in [3.63, 3.8) is 0 Å². The van der Waals surface area contributed by atoms with Crippen molar-refractivity contribution in [1.82, 2.24) is 5.32 Å². The molecule has 0 atom stereocenters. The number of carbonyl (C=O) groups is 2. The molecule has 0 spiro atoms. The van der Waals surface area contributed by atoms with Crippen LogP contribution in [0.2, 0.25) is 0 Å². The molecular formula is C18H17NO3. The van der Waals surface area contributed by atoms with Crippen LogP contribution in [0.3, 0.4) is 0 Å². The highest BCUT2D eigenvalue weighted by molar-refractivity contribution is 6.21. The van der Waals surface area contributed by atoms with E-state index in [0.717, 1.165) is 5.56 Å². The van der Waals surface area contributed by atoms with Crippen molar-refractivity contribution in [3.05, 3.63) is 71.7 Å². The predicted molar refractivity (Wildman–Crippen MR) is 85.9 cm³/mol. The normalized spacial score (nSPS) is 11.6. The molecule has 1 amide bonds. The maximum Gasteiger partial charge on any atom is 0.255 e. The summed E-state index contributed by atoms with van der Waals surface area (Å²) in [7, 11) is 0. The molecular weight excluding hydrogens is 278 g/mol. The van der Waals surface area contributed by atoms with Gasteiger partial charge in [-0.3, -0.25) is 9.59 Å². The fourth-order valence-corrected chi connectivity index (χ4v) is 1.86. The van der Waals surface area contributed by atoms with Gasteiger partial charge in [-0.05, 0) is 24.6 Å². The number of rotatable bonds is 6. The highest BCUT2D eigenvalue weighted by Gasteiger charge is 2.13. The molecule has 0 aliphatic carbocycles. The zero-order valence-corrected chi connectivity index (χ0v) is 12.3. The fourth-order valence-electron chi connectivity index (χ4n) is 1.86. The van der Waals surface area contributed by atoms with Gasteiger partial charge in [0, 0.05) is 12.1 Å². The minimum absolute atomic E-state index is 0.106. The van der Waals surface area contributed by atoms with Crippen LogP contribution < -0.4 is 5.32 Å². The van der Waals surface area contributed by atoms with Gasteiger partial charge in [-0.1, -0.05) is 42.5 Å². The van der Waals surface area contributed by atoms with Crippen LogP contribution in [-0.2, 0) is 9.59 Å². The van der Waals surface area contributed by atoms with Gasteiger partial charge in [0.1, 0.15) is 0 Å². The smallest absolute Gasteiger partial charge is 0.255 e. The second-order valence-electron chi connectivity index (χ2n) is 4.69. The van der Waals surface area contributed by atoms with Crippen LogP contribution in [0, 0.1) is 0 Å². The molecule has 1 heterocycles. The molecule has 0 saturated carbocycles. The number of amides is 1. The van der Waals surface area contributed by atoms with Crippen LogP contribution in [0.4, 0.5) is 0 Å². The van der Waals surface area contributed by atoms with Crippen LogP contribution in [0.15, 0.2) is 65.0 Å². The summed E-state index contributed by atoms with van der Waals surface area (Å²) >= 11 is 0. The number of furan rings is 1. The third-order valence-corrected chi connectivity index (χ3v) is 2.97. The zero-order valence-electron chi connectivity index (χ0n) is 12.3. The summed E-state index contributed by atoms with van der Waals surface area (Å²) < 4.78 is 4.92. The zero-order chi connectivity index (χ0) is 15.8. The van der Waals surface area contributed by atoms with Crippen molar-refractivity contribution in [1.29, 1.82) is 0 Å². The summed E-state index contributed by atoms with van der Waals surface area (Å²) in [5.41, 5.74) is 1.84. The summed E-state index contributed by atoms with van der Waals surface area (Å²) in [5.74, 6) is -0.683. The Morgan fingerprint density at radius 3 is 2.55 bits per heavy atom. The van der Waals surface area contributed by atoms with Gasteiger partial charge in [-0.25, -0.2) is 0 Å². The van der Waals surface area contributed by atoms with E-state index in [1.54, 1.807) is 6.07 Å². The summed E-state index contributed by atoms with van der Waals surface area (Å²) in [5, 5.41) is 2.70. The number of hydrogen-bond donors (Lipinski definition) is 1. The summed E-state index contributed by atoms with van der Waals surface area (Å²) in [4.78, 5) is 23.6. The monoisotopic (exact) mass is 295 g/mol. The van der Waals surface area contributed by atoms with E-state index in [9.17, 15) is 9.59 Å². The quantitative estimate of drug-likeness (QED) is 0.506. The van der Waals surface area contributed by atoms with Crippen LogP contribution in [0.25, 0.3) is 12.2 Å². The van der Waals surface area contributed by atoms with E-state index >= 15 is 0 Å². The third kappa shape index (κ3) is 4.59. The molecule has 112 valence electrons. The van der Waals surface area contributed by atoms with Crippen molar-refractivity contribution in [2.45, 2.75) is 6.92 Å². The van der Waals surface area contributed by atoms with E-state index in [0.29, 0.717) is 12.1 Å². The molecule has 0 aliphatic rings. The van der Waals surface area contributed by atoms with E-state index in [4.69, 9.17) is 4.42 Å². The van der Waals surface area contributed by atoms with Gasteiger partial charge in [0.15, 0.2) is 5.78 Å². The van der Waals surface area contributed by atoms with E-state index in [1.165, 1.54) is 25.5 Å². The van der Waals surface area contributed by atoms with Crippen molar-refractivity contribution in [3.8, 4) is 0 Å². The van der Waals surface area contributed by atoms with Crippen molar-refractivity contribution < 1.29 is 14.0 Å². The predicted octanol–water partition coefficient (Wildman–Crippen LogP) is 3.08. The minimum atomic E-state index is -0.397. The number of ketones is 1. The fraction of sp³-hybridized carbons (Fsp3) is 0.111. The van der Waals surface area contributed by atoms with Gasteiger partial charge in [-0.15, -0.1) is 0 Å². The summed E-state index contributed by atoms with van der Waals surface area (Å²) in [6.45, 7) is 1.72. The molecule has 0 aliphatic heterocycles. The molecule has 22 heavy (non-hydrogen) atoms. The lowest BCUT2D eigenvalue weighted by molar-refractivity contribution is -0.121. The second-order valence-corrected chi connectivity index (χ2v) is 4.69. The number of nitrogens with one attached hydrogen (secondary N) is 1. The maximum atomic E-state index is 12.1. The lowest BCUT2D eigenvalue weighted by atomic mass is 10.1. The lowest BCUT2D eigenvalue weighted by Gasteiger charge is -2.04. The Morgan fingerprint density at radius 2 is 1.91 bits per heavy atom. The first-order valence-electron chi connectivity index (χ1n) is 6.91. The maximum absolute atomic E-state index is 12.1. The summed E-state index contributed by atoms with van der Waals surface area (Å²) in [6, 6.07) is 11.5. The van der Waals surface area contributed by atoms with Crippen LogP contribution in [-0.4, -0.2) is 18.2 Å². The molecule has 0 saturated heterocycles. The average Bonchev–Trinajstić information content (AvgIpc) is 3.03. The first-order valence-corrected chi connectivity index (χ1v) is 6.91. The number of Topliss-reactive ketones (excluding diaryl/α,β-unsaturated/α-hetero) is 1. The molecule has 2 aromatic rings. The molecule has 0 radical (unpaired) electrons. The van der Waals surface area contributed by atoms with Gasteiger partial charge >= 0.3 is 0 Å². The van der Waals surface area contributed by atoms with E-state index in [1.807, 2.05) is 42.5 Å². The molecule has 1 aromatic heterocycles. The van der Waals surface area contributed by atoms with Gasteiger partial charge in [-0.2, -0.15) is 0 Å². The lowest BCUT2D eigenvalue weighted by Crippen LogP contribution is -2.27. The largest absolute Gasteiger partial charge is 0.472 e. The topological polar surface area (TPSA) is 59.3 Å². The molecule has 0 unspecified atom stereocenters. The van der Waals surface area contributed by atoms with Crippen molar-refractivity contribution >= 4 is 23.8 Å². The Hall–Kier alpha value is -2.88. The number of hydrogen-bond acceptors (Lipinski definition) is 3. The van der Waals surface area contributed by atoms with Crippen molar-refractivity contribution in [2.24, 2.45) is 0 Å². The third-order valence-electron chi connectivity index (χ3n) is 2.97.